The predicted molar refractivity (Wildman–Crippen MR) is 154 cm³/mol. The Balaban J connectivity index is 1.61. The molecule has 5 nitrogen and oxygen atoms in total. The highest BCUT2D eigenvalue weighted by Crippen LogP contribution is 2.46. The molecule has 0 radical (unpaired) electrons. The standard InChI is InChI=1S/C30H32ClN3O2S/c1-17(2)34-23-9-7-6-8-21(23)26(29(34)36)33-28-25(27(35)32-20-13-11-19(31)12-14-20)22-15-10-18(30(3,4)5)16-24(22)37-28/h6-9,11-14,17-18H,10,15-16H2,1-5H3,(H,32,35)/t18-/m1/s1. The van der Waals surface area contributed by atoms with Crippen molar-refractivity contribution in [2.75, 3.05) is 10.2 Å². The molecule has 1 aliphatic heterocycles. The summed E-state index contributed by atoms with van der Waals surface area (Å²) < 4.78 is 0. The molecule has 3 aromatic rings. The average Bonchev–Trinajstić information content (AvgIpc) is 3.34. The van der Waals surface area contributed by atoms with Gasteiger partial charge in [-0.3, -0.25) is 9.59 Å². The molecular formula is C30H32ClN3O2S. The highest BCUT2D eigenvalue weighted by atomic mass is 35.5. The number of hydrogen-bond acceptors (Lipinski definition) is 4. The number of para-hydroxylation sites is 1. The topological polar surface area (TPSA) is 61.8 Å². The van der Waals surface area contributed by atoms with Gasteiger partial charge in [0, 0.05) is 27.2 Å². The Labute approximate surface area is 227 Å². The minimum atomic E-state index is -0.201. The van der Waals surface area contributed by atoms with Gasteiger partial charge in [-0.2, -0.15) is 0 Å². The van der Waals surface area contributed by atoms with Crippen LogP contribution in [0.2, 0.25) is 5.02 Å². The van der Waals surface area contributed by atoms with Crippen molar-refractivity contribution in [3.8, 4) is 0 Å². The molecule has 2 amide bonds. The fourth-order valence-electron chi connectivity index (χ4n) is 5.30. The third kappa shape index (κ3) is 4.85. The first-order chi connectivity index (χ1) is 17.5. The molecule has 7 heteroatoms. The summed E-state index contributed by atoms with van der Waals surface area (Å²) >= 11 is 7.59. The van der Waals surface area contributed by atoms with Crippen LogP contribution in [0.15, 0.2) is 53.5 Å². The zero-order chi connectivity index (χ0) is 26.5. The normalized spacial score (nSPS) is 18.4. The molecule has 0 spiro atoms. The molecule has 1 N–H and O–H groups in total. The van der Waals surface area contributed by atoms with Gasteiger partial charge < -0.3 is 10.2 Å². The van der Waals surface area contributed by atoms with E-state index in [0.717, 1.165) is 36.1 Å². The van der Waals surface area contributed by atoms with E-state index < -0.39 is 0 Å². The van der Waals surface area contributed by atoms with Crippen LogP contribution >= 0.6 is 22.9 Å². The zero-order valence-electron chi connectivity index (χ0n) is 21.9. The smallest absolute Gasteiger partial charge is 0.277 e. The van der Waals surface area contributed by atoms with Crippen molar-refractivity contribution >= 4 is 56.8 Å². The maximum Gasteiger partial charge on any atom is 0.277 e. The molecule has 0 unspecified atom stereocenters. The first kappa shape index (κ1) is 25.7. The van der Waals surface area contributed by atoms with Crippen LogP contribution in [0.5, 0.6) is 0 Å². The van der Waals surface area contributed by atoms with E-state index in [9.17, 15) is 9.59 Å². The highest BCUT2D eigenvalue weighted by Gasteiger charge is 2.37. The second-order valence-electron chi connectivity index (χ2n) is 11.2. The zero-order valence-corrected chi connectivity index (χ0v) is 23.5. The van der Waals surface area contributed by atoms with E-state index in [-0.39, 0.29) is 23.3 Å². The van der Waals surface area contributed by atoms with Crippen LogP contribution < -0.4 is 10.2 Å². The molecule has 37 heavy (non-hydrogen) atoms. The number of hydrogen-bond donors (Lipinski definition) is 1. The SMILES string of the molecule is CC(C)N1C(=O)C(=Nc2sc3c(c2C(=O)Nc2ccc(Cl)cc2)CC[C@@H](C(C)(C)C)C3)c2ccccc21. The van der Waals surface area contributed by atoms with Gasteiger partial charge in [0.2, 0.25) is 0 Å². The first-order valence-electron chi connectivity index (χ1n) is 12.8. The lowest BCUT2D eigenvalue weighted by Crippen LogP contribution is -2.35. The van der Waals surface area contributed by atoms with E-state index >= 15 is 0 Å². The Morgan fingerprint density at radius 1 is 1.14 bits per heavy atom. The molecule has 0 saturated carbocycles. The van der Waals surface area contributed by atoms with Gasteiger partial charge in [0.1, 0.15) is 10.7 Å². The maximum absolute atomic E-state index is 13.7. The number of anilines is 2. The van der Waals surface area contributed by atoms with Crippen LogP contribution in [-0.4, -0.2) is 23.6 Å². The number of nitrogens with zero attached hydrogens (tertiary/aromatic N) is 2. The minimum Gasteiger partial charge on any atom is -0.322 e. The molecule has 1 atom stereocenters. The number of thiophene rings is 1. The first-order valence-corrected chi connectivity index (χ1v) is 14.0. The summed E-state index contributed by atoms with van der Waals surface area (Å²) in [7, 11) is 0. The van der Waals surface area contributed by atoms with Crippen molar-refractivity contribution in [1.82, 2.24) is 0 Å². The lowest BCUT2D eigenvalue weighted by Gasteiger charge is -2.33. The molecule has 1 aliphatic carbocycles. The van der Waals surface area contributed by atoms with Gasteiger partial charge in [-0.1, -0.05) is 50.6 Å². The van der Waals surface area contributed by atoms with Crippen LogP contribution in [0.4, 0.5) is 16.4 Å². The van der Waals surface area contributed by atoms with E-state index in [2.05, 4.69) is 26.1 Å². The molecule has 2 aliphatic rings. The Bertz CT molecular complexity index is 1400. The molecule has 0 saturated heterocycles. The van der Waals surface area contributed by atoms with Gasteiger partial charge in [-0.05, 0) is 80.3 Å². The third-order valence-corrected chi connectivity index (χ3v) is 8.77. The number of rotatable bonds is 4. The number of nitrogens with one attached hydrogen (secondary N) is 1. The van der Waals surface area contributed by atoms with Crippen molar-refractivity contribution in [2.24, 2.45) is 16.3 Å². The van der Waals surface area contributed by atoms with Crippen LogP contribution in [0.1, 0.15) is 67.4 Å². The molecular weight excluding hydrogens is 502 g/mol. The summed E-state index contributed by atoms with van der Waals surface area (Å²) in [6, 6.07) is 14.8. The number of fused-ring (bicyclic) bond motifs is 2. The fraction of sp³-hybridized carbons (Fsp3) is 0.367. The second kappa shape index (κ2) is 9.73. The molecule has 5 rings (SSSR count). The maximum atomic E-state index is 13.7. The van der Waals surface area contributed by atoms with Crippen LogP contribution in [-0.2, 0) is 17.6 Å². The van der Waals surface area contributed by atoms with E-state index in [0.29, 0.717) is 32.9 Å². The lowest BCUT2D eigenvalue weighted by atomic mass is 9.72. The number of halogens is 1. The number of aliphatic imine (C=N–C) groups is 1. The quantitative estimate of drug-likeness (QED) is 0.374. The summed E-state index contributed by atoms with van der Waals surface area (Å²) in [6.07, 6.45) is 2.76. The Morgan fingerprint density at radius 3 is 2.51 bits per heavy atom. The van der Waals surface area contributed by atoms with Gasteiger partial charge in [-0.25, -0.2) is 4.99 Å². The molecule has 2 heterocycles. The van der Waals surface area contributed by atoms with Crippen molar-refractivity contribution in [3.63, 3.8) is 0 Å². The van der Waals surface area contributed by atoms with E-state index in [4.69, 9.17) is 16.6 Å². The van der Waals surface area contributed by atoms with E-state index in [1.165, 1.54) is 4.88 Å². The number of benzene rings is 2. The fourth-order valence-corrected chi connectivity index (χ4v) is 6.72. The van der Waals surface area contributed by atoms with Crippen LogP contribution in [0.25, 0.3) is 0 Å². The molecule has 0 fully saturated rings. The molecule has 192 valence electrons. The molecule has 1 aromatic heterocycles. The van der Waals surface area contributed by atoms with Gasteiger partial charge in [-0.15, -0.1) is 11.3 Å². The minimum absolute atomic E-state index is 0.00175. The third-order valence-electron chi connectivity index (χ3n) is 7.37. The average molecular weight is 534 g/mol. The van der Waals surface area contributed by atoms with Crippen molar-refractivity contribution < 1.29 is 9.59 Å². The van der Waals surface area contributed by atoms with Crippen LogP contribution in [0, 0.1) is 11.3 Å². The van der Waals surface area contributed by atoms with E-state index in [1.807, 2.05) is 38.1 Å². The summed E-state index contributed by atoms with van der Waals surface area (Å²) in [4.78, 5) is 35.2. The van der Waals surface area contributed by atoms with Gasteiger partial charge in [0.05, 0.1) is 11.3 Å². The largest absolute Gasteiger partial charge is 0.322 e. The van der Waals surface area contributed by atoms with Crippen LogP contribution in [0.3, 0.4) is 0 Å². The monoisotopic (exact) mass is 533 g/mol. The van der Waals surface area contributed by atoms with Gasteiger partial charge >= 0.3 is 0 Å². The Morgan fingerprint density at radius 2 is 1.84 bits per heavy atom. The number of carbonyl (C=O) groups excluding carboxylic acids is 2. The second-order valence-corrected chi connectivity index (χ2v) is 12.7. The Kier molecular flexibility index (Phi) is 6.75. The summed E-state index contributed by atoms with van der Waals surface area (Å²) in [5.41, 5.74) is 4.57. The van der Waals surface area contributed by atoms with Crippen molar-refractivity contribution in [1.29, 1.82) is 0 Å². The number of amides is 2. The van der Waals surface area contributed by atoms with Gasteiger partial charge in [0.25, 0.3) is 11.8 Å². The van der Waals surface area contributed by atoms with Gasteiger partial charge in [0.15, 0.2) is 0 Å². The summed E-state index contributed by atoms with van der Waals surface area (Å²) in [5, 5.41) is 4.25. The molecule has 0 bridgehead atoms. The Hall–Kier alpha value is -2.96. The predicted octanol–water partition coefficient (Wildman–Crippen LogP) is 7.68. The van der Waals surface area contributed by atoms with E-state index in [1.54, 1.807) is 40.5 Å². The highest BCUT2D eigenvalue weighted by molar-refractivity contribution is 7.16. The summed E-state index contributed by atoms with van der Waals surface area (Å²) in [5.74, 6) is 0.198. The molecule has 2 aromatic carbocycles. The lowest BCUT2D eigenvalue weighted by molar-refractivity contribution is -0.112. The van der Waals surface area contributed by atoms with Crippen molar-refractivity contribution in [3.05, 3.63) is 75.1 Å². The van der Waals surface area contributed by atoms with Crippen molar-refractivity contribution in [2.45, 2.75) is 59.9 Å². The summed E-state index contributed by atoms with van der Waals surface area (Å²) in [6.45, 7) is 10.8. The number of carbonyl (C=O) groups is 2.